The van der Waals surface area contributed by atoms with Gasteiger partial charge in [-0.05, 0) is 47.3 Å². The van der Waals surface area contributed by atoms with Gasteiger partial charge in [-0.1, -0.05) is 45.9 Å². The first-order valence-electron chi connectivity index (χ1n) is 7.10. The molecule has 2 N–H and O–H groups in total. The van der Waals surface area contributed by atoms with Gasteiger partial charge in [-0.15, -0.1) is 0 Å². The summed E-state index contributed by atoms with van der Waals surface area (Å²) in [5, 5.41) is 19.3. The van der Waals surface area contributed by atoms with Crippen LogP contribution in [0.1, 0.15) is 64.2 Å². The largest absolute Gasteiger partial charge is 0.479 e. The number of hydrogen-bond donors (Lipinski definition) is 2. The van der Waals surface area contributed by atoms with E-state index in [1.165, 1.54) is 12.5 Å². The Balaban J connectivity index is 2.63. The zero-order chi connectivity index (χ0) is 15.3. The molecule has 3 heteroatoms. The topological polar surface area (TPSA) is 57.5 Å². The monoisotopic (exact) mass is 276 g/mol. The first-order chi connectivity index (χ1) is 8.98. The molecule has 110 valence electrons. The fourth-order valence-electron chi connectivity index (χ4n) is 3.01. The van der Waals surface area contributed by atoms with Crippen molar-refractivity contribution in [2.75, 3.05) is 0 Å². The molecule has 0 saturated heterocycles. The number of benzene rings is 1. The minimum absolute atomic E-state index is 0.00937. The third-order valence-electron chi connectivity index (χ3n) is 4.83. The summed E-state index contributed by atoms with van der Waals surface area (Å²) in [6.45, 7) is 10.1. The summed E-state index contributed by atoms with van der Waals surface area (Å²) in [5.74, 6) is -1.22. The van der Waals surface area contributed by atoms with Crippen LogP contribution in [0.15, 0.2) is 18.2 Å². The summed E-state index contributed by atoms with van der Waals surface area (Å²) >= 11 is 0. The quantitative estimate of drug-likeness (QED) is 0.871. The van der Waals surface area contributed by atoms with E-state index in [2.05, 4.69) is 27.7 Å². The van der Waals surface area contributed by atoms with Crippen molar-refractivity contribution in [3.63, 3.8) is 0 Å². The van der Waals surface area contributed by atoms with Gasteiger partial charge in [0, 0.05) is 0 Å². The maximum atomic E-state index is 11.2. The number of carboxylic acids is 1. The second-order valence-electron chi connectivity index (χ2n) is 7.41. The third-order valence-corrected chi connectivity index (χ3v) is 4.83. The predicted molar refractivity (Wildman–Crippen MR) is 78.9 cm³/mol. The molecule has 0 radical (unpaired) electrons. The molecular formula is C17H24O3. The molecule has 1 aliphatic rings. The molecule has 20 heavy (non-hydrogen) atoms. The minimum atomic E-state index is -1.84. The van der Waals surface area contributed by atoms with Crippen LogP contribution in [-0.2, 0) is 21.2 Å². The van der Waals surface area contributed by atoms with E-state index in [0.29, 0.717) is 5.56 Å². The van der Waals surface area contributed by atoms with E-state index < -0.39 is 11.6 Å². The maximum Gasteiger partial charge on any atom is 0.340 e. The molecule has 0 amide bonds. The van der Waals surface area contributed by atoms with Crippen molar-refractivity contribution in [3.05, 3.63) is 34.9 Å². The van der Waals surface area contributed by atoms with Crippen molar-refractivity contribution in [1.82, 2.24) is 0 Å². The Kier molecular flexibility index (Phi) is 3.25. The summed E-state index contributed by atoms with van der Waals surface area (Å²) in [6.07, 6.45) is 2.17. The molecule has 3 nitrogen and oxygen atoms in total. The molecule has 1 unspecified atom stereocenters. The number of hydrogen-bond acceptors (Lipinski definition) is 2. The molecule has 0 fully saturated rings. The Morgan fingerprint density at radius 3 is 2.10 bits per heavy atom. The average molecular weight is 276 g/mol. The lowest BCUT2D eigenvalue weighted by Gasteiger charge is -2.42. The normalized spacial score (nSPS) is 22.7. The van der Waals surface area contributed by atoms with Crippen molar-refractivity contribution < 1.29 is 15.0 Å². The molecule has 1 atom stereocenters. The molecule has 0 aliphatic heterocycles. The lowest BCUT2D eigenvalue weighted by molar-refractivity contribution is -0.157. The second kappa shape index (κ2) is 4.32. The Morgan fingerprint density at radius 2 is 1.60 bits per heavy atom. The Labute approximate surface area is 120 Å². The molecule has 0 heterocycles. The van der Waals surface area contributed by atoms with Crippen molar-refractivity contribution >= 4 is 5.97 Å². The first kappa shape index (κ1) is 15.0. The molecule has 2 rings (SSSR count). The zero-order valence-electron chi connectivity index (χ0n) is 12.9. The van der Waals surface area contributed by atoms with Crippen LogP contribution in [0.3, 0.4) is 0 Å². The fraction of sp³-hybridized carbons (Fsp3) is 0.588. The predicted octanol–water partition coefficient (Wildman–Crippen LogP) is 3.33. The van der Waals surface area contributed by atoms with Gasteiger partial charge in [-0.25, -0.2) is 4.79 Å². The highest BCUT2D eigenvalue weighted by Crippen LogP contribution is 2.46. The number of aliphatic hydroxyl groups is 1. The molecule has 1 aromatic carbocycles. The van der Waals surface area contributed by atoms with Gasteiger partial charge < -0.3 is 10.2 Å². The van der Waals surface area contributed by atoms with Gasteiger partial charge in [0.05, 0.1) is 0 Å². The summed E-state index contributed by atoms with van der Waals surface area (Å²) in [5.41, 5.74) is 1.14. The Hall–Kier alpha value is -1.35. The van der Waals surface area contributed by atoms with Crippen LogP contribution in [0.2, 0.25) is 0 Å². The molecular weight excluding hydrogens is 252 g/mol. The van der Waals surface area contributed by atoms with Gasteiger partial charge >= 0.3 is 5.97 Å². The number of carboxylic acid groups (broad SMARTS) is 1. The molecule has 1 aromatic rings. The van der Waals surface area contributed by atoms with Crippen LogP contribution >= 0.6 is 0 Å². The smallest absolute Gasteiger partial charge is 0.340 e. The van der Waals surface area contributed by atoms with Crippen LogP contribution in [0, 0.1) is 0 Å². The highest BCUT2D eigenvalue weighted by atomic mass is 16.4. The van der Waals surface area contributed by atoms with Crippen molar-refractivity contribution in [3.8, 4) is 0 Å². The summed E-state index contributed by atoms with van der Waals surface area (Å²) in [6, 6.07) is 5.61. The van der Waals surface area contributed by atoms with E-state index >= 15 is 0 Å². The molecule has 0 bridgehead atoms. The van der Waals surface area contributed by atoms with Crippen molar-refractivity contribution in [1.29, 1.82) is 0 Å². The fourth-order valence-corrected chi connectivity index (χ4v) is 3.01. The van der Waals surface area contributed by atoms with Gasteiger partial charge in [0.25, 0.3) is 0 Å². The molecule has 0 spiro atoms. The third kappa shape index (κ3) is 2.24. The van der Waals surface area contributed by atoms with Gasteiger partial charge in [-0.2, -0.15) is 0 Å². The minimum Gasteiger partial charge on any atom is -0.479 e. The number of carbonyl (C=O) groups is 1. The van der Waals surface area contributed by atoms with Crippen LogP contribution in [0.4, 0.5) is 0 Å². The van der Waals surface area contributed by atoms with Crippen molar-refractivity contribution in [2.45, 2.75) is 63.9 Å². The first-order valence-corrected chi connectivity index (χ1v) is 7.10. The van der Waals surface area contributed by atoms with Gasteiger partial charge in [0.2, 0.25) is 0 Å². The summed E-state index contributed by atoms with van der Waals surface area (Å²) in [7, 11) is 0. The van der Waals surface area contributed by atoms with Crippen LogP contribution in [0.5, 0.6) is 0 Å². The highest BCUT2D eigenvalue weighted by Gasteiger charge is 2.39. The van der Waals surface area contributed by atoms with Gasteiger partial charge in [0.1, 0.15) is 0 Å². The van der Waals surface area contributed by atoms with E-state index in [4.69, 9.17) is 0 Å². The molecule has 1 aliphatic carbocycles. The maximum absolute atomic E-state index is 11.2. The number of fused-ring (bicyclic) bond motifs is 1. The number of rotatable bonds is 2. The zero-order valence-corrected chi connectivity index (χ0v) is 12.9. The van der Waals surface area contributed by atoms with E-state index in [1.54, 1.807) is 6.07 Å². The van der Waals surface area contributed by atoms with Gasteiger partial charge in [-0.3, -0.25) is 0 Å². The lowest BCUT2D eigenvalue weighted by atomic mass is 9.62. The van der Waals surface area contributed by atoms with E-state index in [9.17, 15) is 15.0 Å². The second-order valence-corrected chi connectivity index (χ2v) is 7.41. The van der Waals surface area contributed by atoms with E-state index in [1.807, 2.05) is 12.1 Å². The number of aliphatic carboxylic acids is 1. The lowest BCUT2D eigenvalue weighted by Crippen LogP contribution is -2.36. The molecule has 0 saturated carbocycles. The Morgan fingerprint density at radius 1 is 1.10 bits per heavy atom. The SMILES string of the molecule is CC1(C)CCC(C)(C)c2cc(C(C)(O)C(=O)O)ccc21. The summed E-state index contributed by atoms with van der Waals surface area (Å²) < 4.78 is 0. The Bertz CT molecular complexity index is 553. The van der Waals surface area contributed by atoms with Crippen LogP contribution < -0.4 is 0 Å². The standard InChI is InChI=1S/C17H24O3/c1-15(2)8-9-16(3,4)13-10-11(6-7-12(13)15)17(5,20)14(18)19/h6-7,10,20H,8-9H2,1-5H3,(H,18,19). The van der Waals surface area contributed by atoms with Crippen LogP contribution in [-0.4, -0.2) is 16.2 Å². The van der Waals surface area contributed by atoms with Crippen molar-refractivity contribution in [2.24, 2.45) is 0 Å². The van der Waals surface area contributed by atoms with Crippen LogP contribution in [0.25, 0.3) is 0 Å². The average Bonchev–Trinajstić information content (AvgIpc) is 2.34. The van der Waals surface area contributed by atoms with Gasteiger partial charge in [0.15, 0.2) is 5.60 Å². The highest BCUT2D eigenvalue weighted by molar-refractivity contribution is 5.78. The summed E-state index contributed by atoms with van der Waals surface area (Å²) in [4.78, 5) is 11.2. The van der Waals surface area contributed by atoms with E-state index in [0.717, 1.165) is 18.4 Å². The van der Waals surface area contributed by atoms with E-state index in [-0.39, 0.29) is 10.8 Å². The molecule has 0 aromatic heterocycles.